The van der Waals surface area contributed by atoms with Crippen LogP contribution in [-0.2, 0) is 11.3 Å². The quantitative estimate of drug-likeness (QED) is 0.261. The SMILES string of the molecule is Cc1ccccc1NCc1nnc(SCCC(=O)Nc2ccccc2Br)n1-c1ccccc1. The van der Waals surface area contributed by atoms with Gasteiger partial charge in [-0.3, -0.25) is 9.36 Å². The maximum atomic E-state index is 12.4. The van der Waals surface area contributed by atoms with E-state index in [1.54, 1.807) is 0 Å². The summed E-state index contributed by atoms with van der Waals surface area (Å²) in [6, 6.07) is 25.8. The van der Waals surface area contributed by atoms with Crippen LogP contribution in [0, 0.1) is 6.92 Å². The maximum Gasteiger partial charge on any atom is 0.225 e. The number of para-hydroxylation sites is 3. The molecule has 8 heteroatoms. The lowest BCUT2D eigenvalue weighted by Crippen LogP contribution is -2.13. The Labute approximate surface area is 206 Å². The minimum atomic E-state index is -0.0402. The zero-order valence-corrected chi connectivity index (χ0v) is 20.6. The van der Waals surface area contributed by atoms with E-state index < -0.39 is 0 Å². The number of halogens is 1. The first-order valence-corrected chi connectivity index (χ1v) is 12.4. The molecule has 0 saturated heterocycles. The molecule has 0 spiro atoms. The van der Waals surface area contributed by atoms with Crippen molar-refractivity contribution in [2.75, 3.05) is 16.4 Å². The van der Waals surface area contributed by atoms with E-state index in [4.69, 9.17) is 0 Å². The van der Waals surface area contributed by atoms with Crippen LogP contribution in [0.2, 0.25) is 0 Å². The van der Waals surface area contributed by atoms with Crippen molar-refractivity contribution in [2.45, 2.75) is 25.0 Å². The van der Waals surface area contributed by atoms with Gasteiger partial charge in [-0.05, 0) is 58.7 Å². The molecule has 1 heterocycles. The van der Waals surface area contributed by atoms with Crippen molar-refractivity contribution in [1.29, 1.82) is 0 Å². The number of thioether (sulfide) groups is 1. The Bertz CT molecular complexity index is 1230. The second-order valence-corrected chi connectivity index (χ2v) is 9.28. The molecule has 0 unspecified atom stereocenters. The van der Waals surface area contributed by atoms with E-state index in [2.05, 4.69) is 55.8 Å². The standard InChI is InChI=1S/C25H24BrN5OS/c1-18-9-5-7-13-21(18)27-17-23-29-30-25(31(23)19-10-3-2-4-11-19)33-16-15-24(32)28-22-14-8-6-12-20(22)26/h2-14,27H,15-17H2,1H3,(H,28,32). The number of aryl methyl sites for hydroxylation is 1. The highest BCUT2D eigenvalue weighted by Gasteiger charge is 2.15. The number of anilines is 2. The number of nitrogens with zero attached hydrogens (tertiary/aromatic N) is 3. The topological polar surface area (TPSA) is 71.8 Å². The van der Waals surface area contributed by atoms with Gasteiger partial charge in [0.25, 0.3) is 0 Å². The Morgan fingerprint density at radius 2 is 1.64 bits per heavy atom. The number of amides is 1. The third kappa shape index (κ3) is 6.03. The van der Waals surface area contributed by atoms with E-state index in [9.17, 15) is 4.79 Å². The molecule has 1 amide bonds. The van der Waals surface area contributed by atoms with Crippen LogP contribution in [0.15, 0.2) is 88.5 Å². The summed E-state index contributed by atoms with van der Waals surface area (Å²) in [5, 5.41) is 16.0. The first kappa shape index (κ1) is 23.1. The zero-order chi connectivity index (χ0) is 23.0. The molecule has 0 aliphatic heterocycles. The van der Waals surface area contributed by atoms with E-state index in [-0.39, 0.29) is 5.91 Å². The minimum absolute atomic E-state index is 0.0402. The fraction of sp³-hybridized carbons (Fsp3) is 0.160. The van der Waals surface area contributed by atoms with Crippen LogP contribution in [0.5, 0.6) is 0 Å². The van der Waals surface area contributed by atoms with E-state index in [1.165, 1.54) is 17.3 Å². The monoisotopic (exact) mass is 521 g/mol. The van der Waals surface area contributed by atoms with Crippen molar-refractivity contribution in [3.63, 3.8) is 0 Å². The first-order chi connectivity index (χ1) is 16.1. The van der Waals surface area contributed by atoms with Crippen LogP contribution in [0.1, 0.15) is 17.8 Å². The lowest BCUT2D eigenvalue weighted by Gasteiger charge is -2.12. The van der Waals surface area contributed by atoms with Gasteiger partial charge in [-0.25, -0.2) is 0 Å². The number of benzene rings is 3. The summed E-state index contributed by atoms with van der Waals surface area (Å²) >= 11 is 4.98. The largest absolute Gasteiger partial charge is 0.378 e. The Morgan fingerprint density at radius 3 is 2.39 bits per heavy atom. The second kappa shape index (κ2) is 11.2. The molecule has 0 bridgehead atoms. The van der Waals surface area contributed by atoms with Crippen LogP contribution < -0.4 is 10.6 Å². The van der Waals surface area contributed by atoms with Crippen LogP contribution in [0.4, 0.5) is 11.4 Å². The van der Waals surface area contributed by atoms with Gasteiger partial charge in [0.15, 0.2) is 11.0 Å². The highest BCUT2D eigenvalue weighted by atomic mass is 79.9. The molecule has 2 N–H and O–H groups in total. The van der Waals surface area contributed by atoms with Gasteiger partial charge < -0.3 is 10.6 Å². The smallest absolute Gasteiger partial charge is 0.225 e. The van der Waals surface area contributed by atoms with Crippen molar-refractivity contribution in [1.82, 2.24) is 14.8 Å². The fourth-order valence-electron chi connectivity index (χ4n) is 3.30. The third-order valence-corrected chi connectivity index (χ3v) is 6.63. The van der Waals surface area contributed by atoms with Gasteiger partial charge in [-0.15, -0.1) is 10.2 Å². The Kier molecular flexibility index (Phi) is 7.80. The molecular formula is C25H24BrN5OS. The number of hydrogen-bond acceptors (Lipinski definition) is 5. The Balaban J connectivity index is 1.44. The third-order valence-electron chi connectivity index (χ3n) is 5.01. The number of rotatable bonds is 9. The Morgan fingerprint density at radius 1 is 0.939 bits per heavy atom. The molecule has 0 aliphatic rings. The summed E-state index contributed by atoms with van der Waals surface area (Å²) in [5.41, 5.74) is 4.00. The molecule has 168 valence electrons. The summed E-state index contributed by atoms with van der Waals surface area (Å²) < 4.78 is 2.90. The van der Waals surface area contributed by atoms with Gasteiger partial charge in [-0.1, -0.05) is 60.3 Å². The van der Waals surface area contributed by atoms with Gasteiger partial charge >= 0.3 is 0 Å². The molecular weight excluding hydrogens is 498 g/mol. The van der Waals surface area contributed by atoms with Crippen molar-refractivity contribution in [3.8, 4) is 5.69 Å². The van der Waals surface area contributed by atoms with Gasteiger partial charge in [0.1, 0.15) is 0 Å². The van der Waals surface area contributed by atoms with Crippen molar-refractivity contribution < 1.29 is 4.79 Å². The molecule has 1 aromatic heterocycles. The summed E-state index contributed by atoms with van der Waals surface area (Å²) in [4.78, 5) is 12.4. The van der Waals surface area contributed by atoms with Gasteiger partial charge in [0, 0.05) is 28.0 Å². The summed E-state index contributed by atoms with van der Waals surface area (Å²) in [6.07, 6.45) is 0.366. The lowest BCUT2D eigenvalue weighted by molar-refractivity contribution is -0.115. The van der Waals surface area contributed by atoms with E-state index >= 15 is 0 Å². The maximum absolute atomic E-state index is 12.4. The highest BCUT2D eigenvalue weighted by Crippen LogP contribution is 2.25. The van der Waals surface area contributed by atoms with Crippen LogP contribution in [0.25, 0.3) is 5.69 Å². The number of carbonyl (C=O) groups excluding carboxylic acids is 1. The van der Waals surface area contributed by atoms with E-state index in [1.807, 2.05) is 71.3 Å². The highest BCUT2D eigenvalue weighted by molar-refractivity contribution is 9.10. The fourth-order valence-corrected chi connectivity index (χ4v) is 4.59. The summed E-state index contributed by atoms with van der Waals surface area (Å²) in [5.74, 6) is 1.36. The van der Waals surface area contributed by atoms with E-state index in [0.29, 0.717) is 18.7 Å². The van der Waals surface area contributed by atoms with Gasteiger partial charge in [0.05, 0.1) is 12.2 Å². The number of nitrogens with one attached hydrogen (secondary N) is 2. The predicted molar refractivity (Wildman–Crippen MR) is 138 cm³/mol. The molecule has 4 aromatic rings. The predicted octanol–water partition coefficient (Wildman–Crippen LogP) is 6.07. The van der Waals surface area contributed by atoms with Crippen LogP contribution in [-0.4, -0.2) is 26.4 Å². The second-order valence-electron chi connectivity index (χ2n) is 7.36. The first-order valence-electron chi connectivity index (χ1n) is 10.6. The normalized spacial score (nSPS) is 10.7. The number of hydrogen-bond donors (Lipinski definition) is 2. The molecule has 6 nitrogen and oxygen atoms in total. The van der Waals surface area contributed by atoms with E-state index in [0.717, 1.165) is 32.5 Å². The van der Waals surface area contributed by atoms with Crippen molar-refractivity contribution in [2.24, 2.45) is 0 Å². The average molecular weight is 522 g/mol. The van der Waals surface area contributed by atoms with Gasteiger partial charge in [-0.2, -0.15) is 0 Å². The lowest BCUT2D eigenvalue weighted by atomic mass is 10.2. The van der Waals surface area contributed by atoms with Crippen LogP contribution in [0.3, 0.4) is 0 Å². The molecule has 0 aliphatic carbocycles. The molecule has 0 radical (unpaired) electrons. The molecule has 3 aromatic carbocycles. The zero-order valence-electron chi connectivity index (χ0n) is 18.2. The van der Waals surface area contributed by atoms with Crippen molar-refractivity contribution in [3.05, 3.63) is 94.7 Å². The minimum Gasteiger partial charge on any atom is -0.378 e. The van der Waals surface area contributed by atoms with Crippen molar-refractivity contribution >= 4 is 45.0 Å². The molecule has 4 rings (SSSR count). The molecule has 0 saturated carbocycles. The molecule has 33 heavy (non-hydrogen) atoms. The molecule has 0 atom stereocenters. The summed E-state index contributed by atoms with van der Waals surface area (Å²) in [6.45, 7) is 2.61. The summed E-state index contributed by atoms with van der Waals surface area (Å²) in [7, 11) is 0. The van der Waals surface area contributed by atoms with Crippen LogP contribution >= 0.6 is 27.7 Å². The number of carbonyl (C=O) groups is 1. The Hall–Kier alpha value is -3.10. The van der Waals surface area contributed by atoms with Gasteiger partial charge in [0.2, 0.25) is 5.91 Å². The molecule has 0 fully saturated rings. The number of aromatic nitrogens is 3. The average Bonchev–Trinajstić information content (AvgIpc) is 3.23.